The zero-order chi connectivity index (χ0) is 35.4. The summed E-state index contributed by atoms with van der Waals surface area (Å²) in [7, 11) is 0. The summed E-state index contributed by atoms with van der Waals surface area (Å²) in [6, 6.07) is -4.98. The van der Waals surface area contributed by atoms with Crippen LogP contribution >= 0.6 is 0 Å². The molecular weight excluding hydrogens is 610 g/mol. The van der Waals surface area contributed by atoms with E-state index >= 15 is 0 Å². The summed E-state index contributed by atoms with van der Waals surface area (Å²) in [6.45, 7) is 8.67. The van der Waals surface area contributed by atoms with Gasteiger partial charge in [0.15, 0.2) is 5.96 Å². The highest BCUT2D eigenvalue weighted by atomic mass is 16.4. The number of aliphatic imine (C=N–C) groups is 1. The molecule has 0 fully saturated rings. The number of carboxylic acids is 1. The van der Waals surface area contributed by atoms with Gasteiger partial charge in [-0.25, -0.2) is 9.78 Å². The van der Waals surface area contributed by atoms with E-state index in [-0.39, 0.29) is 50.0 Å². The third kappa shape index (κ3) is 16.8. The predicted molar refractivity (Wildman–Crippen MR) is 178 cm³/mol. The van der Waals surface area contributed by atoms with Crippen molar-refractivity contribution in [2.75, 3.05) is 19.6 Å². The molecule has 0 saturated carbocycles. The van der Waals surface area contributed by atoms with Crippen LogP contribution in [0.25, 0.3) is 0 Å². The number of hydrogen-bond acceptors (Lipinski definition) is 9. The topological polar surface area (TPSA) is 285 Å². The molecule has 0 spiro atoms. The third-order valence-electron chi connectivity index (χ3n) is 7.19. The van der Waals surface area contributed by atoms with Crippen molar-refractivity contribution in [3.8, 4) is 0 Å². The van der Waals surface area contributed by atoms with Crippen molar-refractivity contribution in [1.29, 1.82) is 0 Å². The van der Waals surface area contributed by atoms with Crippen LogP contribution in [0.2, 0.25) is 0 Å². The minimum atomic E-state index is -1.27. The second-order valence-electron chi connectivity index (χ2n) is 11.9. The summed E-state index contributed by atoms with van der Waals surface area (Å²) in [5.74, 6) is -3.70. The number of H-pyrrole nitrogens is 1. The molecule has 0 unspecified atom stereocenters. The zero-order valence-electron chi connectivity index (χ0n) is 28.0. The van der Waals surface area contributed by atoms with Crippen molar-refractivity contribution >= 4 is 35.6 Å². The number of nitrogens with two attached hydrogens (primary N) is 3. The Balaban J connectivity index is 3.16. The first kappa shape index (κ1) is 40.8. The number of unbranched alkanes of at least 4 members (excludes halogenated alkanes) is 1. The Morgan fingerprint density at radius 2 is 1.47 bits per heavy atom. The normalized spacial score (nSPS) is 14.3. The molecule has 1 aromatic rings. The van der Waals surface area contributed by atoms with Crippen LogP contribution in [0.4, 0.5) is 0 Å². The van der Waals surface area contributed by atoms with Gasteiger partial charge in [-0.1, -0.05) is 20.8 Å². The van der Waals surface area contributed by atoms with Gasteiger partial charge < -0.3 is 53.9 Å². The molecule has 1 rings (SSSR count). The number of carbonyl (C=O) groups is 5. The maximum absolute atomic E-state index is 13.7. The molecule has 0 aliphatic heterocycles. The molecule has 5 atom stereocenters. The summed E-state index contributed by atoms with van der Waals surface area (Å²) in [5, 5.41) is 23.5. The number of nitrogens with one attached hydrogen (secondary N) is 6. The Bertz CT molecular complexity index is 1140. The smallest absolute Gasteiger partial charge is 0.326 e. The Morgan fingerprint density at radius 3 is 2.04 bits per heavy atom. The van der Waals surface area contributed by atoms with E-state index in [1.807, 2.05) is 20.8 Å². The van der Waals surface area contributed by atoms with Crippen LogP contribution in [0.1, 0.15) is 78.3 Å². The van der Waals surface area contributed by atoms with Gasteiger partial charge in [-0.15, -0.1) is 0 Å². The monoisotopic (exact) mass is 665 g/mol. The second kappa shape index (κ2) is 22.3. The fourth-order valence-corrected chi connectivity index (χ4v) is 4.62. The number of rotatable bonds is 24. The van der Waals surface area contributed by atoms with E-state index in [1.54, 1.807) is 6.92 Å². The fraction of sp³-hybridized carbons (Fsp3) is 0.700. The first-order valence-corrected chi connectivity index (χ1v) is 16.2. The molecule has 17 heteroatoms. The first-order chi connectivity index (χ1) is 22.3. The Morgan fingerprint density at radius 1 is 0.872 bits per heavy atom. The average Bonchev–Trinajstić information content (AvgIpc) is 3.52. The van der Waals surface area contributed by atoms with Crippen molar-refractivity contribution in [2.45, 2.75) is 109 Å². The van der Waals surface area contributed by atoms with Crippen LogP contribution in [0.5, 0.6) is 0 Å². The van der Waals surface area contributed by atoms with Crippen molar-refractivity contribution in [3.63, 3.8) is 0 Å². The van der Waals surface area contributed by atoms with E-state index in [0.717, 1.165) is 6.42 Å². The van der Waals surface area contributed by atoms with Crippen molar-refractivity contribution in [1.82, 2.24) is 36.6 Å². The van der Waals surface area contributed by atoms with E-state index in [4.69, 9.17) is 17.2 Å². The highest BCUT2D eigenvalue weighted by Gasteiger charge is 2.32. The number of amides is 4. The summed E-state index contributed by atoms with van der Waals surface area (Å²) in [6.07, 6.45) is 5.80. The number of aromatic amines is 1. The highest BCUT2D eigenvalue weighted by Crippen LogP contribution is 2.10. The SMILES string of the molecule is CCCN[C@@H](C)C(=O)N[C@@H](CCCCN)C(=O)N[C@@H](CC(C)C)C(=O)N[C@@H](Cc1cnc[nH]1)C(=O)N[C@@H](CCCN=C(N)N)C(=O)O. The zero-order valence-corrected chi connectivity index (χ0v) is 28.0. The number of guanidine groups is 1. The number of nitrogens with zero attached hydrogens (tertiary/aromatic N) is 2. The van der Waals surface area contributed by atoms with Crippen LogP contribution in [0.15, 0.2) is 17.5 Å². The van der Waals surface area contributed by atoms with Gasteiger partial charge in [0.25, 0.3) is 0 Å². The molecule has 1 aromatic heterocycles. The number of carbonyl (C=O) groups excluding carboxylic acids is 4. The van der Waals surface area contributed by atoms with E-state index in [2.05, 4.69) is 41.5 Å². The molecule has 0 radical (unpaired) electrons. The number of hydrogen-bond donors (Lipinski definition) is 10. The lowest BCUT2D eigenvalue weighted by molar-refractivity contribution is -0.142. The quantitative estimate of drug-likeness (QED) is 0.0348. The summed E-state index contributed by atoms with van der Waals surface area (Å²) in [5.41, 5.74) is 16.8. The lowest BCUT2D eigenvalue weighted by atomic mass is 10.0. The fourth-order valence-electron chi connectivity index (χ4n) is 4.62. The lowest BCUT2D eigenvalue weighted by Gasteiger charge is -2.27. The number of imidazole rings is 1. The maximum atomic E-state index is 13.7. The first-order valence-electron chi connectivity index (χ1n) is 16.2. The lowest BCUT2D eigenvalue weighted by Crippen LogP contribution is -2.59. The highest BCUT2D eigenvalue weighted by molar-refractivity contribution is 5.95. The van der Waals surface area contributed by atoms with Gasteiger partial charge in [-0.2, -0.15) is 0 Å². The minimum Gasteiger partial charge on any atom is -0.480 e. The molecule has 4 amide bonds. The maximum Gasteiger partial charge on any atom is 0.326 e. The van der Waals surface area contributed by atoms with Crippen molar-refractivity contribution < 1.29 is 29.1 Å². The summed E-state index contributed by atoms with van der Waals surface area (Å²) in [4.78, 5) is 76.0. The van der Waals surface area contributed by atoms with Crippen LogP contribution in [-0.4, -0.2) is 100 Å². The standard InChI is InChI=1S/C30H55N11O6/c1-5-12-35-19(4)25(42)38-21(9-6-7-11-31)26(43)40-23(14-18(2)3)27(44)41-24(15-20-16-34-17-37-20)28(45)39-22(29(46)47)10-8-13-36-30(32)33/h16-19,21-24,35H,5-15,31H2,1-4H3,(H,34,37)(H,38,42)(H,39,45)(H,40,43)(H,41,44)(H,46,47)(H4,32,33,36)/t19-,21-,22-,23-,24-/m0/s1. The van der Waals surface area contributed by atoms with E-state index in [9.17, 15) is 29.1 Å². The van der Waals surface area contributed by atoms with Crippen LogP contribution in [0, 0.1) is 5.92 Å². The van der Waals surface area contributed by atoms with Crippen molar-refractivity contribution in [3.05, 3.63) is 18.2 Å². The number of aliphatic carboxylic acids is 1. The van der Waals surface area contributed by atoms with Crippen LogP contribution < -0.4 is 43.8 Å². The van der Waals surface area contributed by atoms with E-state index in [1.165, 1.54) is 12.5 Å². The van der Waals surface area contributed by atoms with Crippen molar-refractivity contribution in [2.24, 2.45) is 28.1 Å². The molecule has 13 N–H and O–H groups in total. The predicted octanol–water partition coefficient (Wildman–Crippen LogP) is -1.41. The largest absolute Gasteiger partial charge is 0.480 e. The van der Waals surface area contributed by atoms with Gasteiger partial charge in [0.05, 0.1) is 12.4 Å². The van der Waals surface area contributed by atoms with Crippen LogP contribution in [-0.2, 0) is 30.4 Å². The second-order valence-corrected chi connectivity index (χ2v) is 11.9. The molecule has 0 aliphatic carbocycles. The van der Waals surface area contributed by atoms with Gasteiger partial charge in [-0.05, 0) is 70.9 Å². The Labute approximate surface area is 276 Å². The van der Waals surface area contributed by atoms with Crippen LogP contribution in [0.3, 0.4) is 0 Å². The molecule has 47 heavy (non-hydrogen) atoms. The molecule has 0 aromatic carbocycles. The van der Waals surface area contributed by atoms with Gasteiger partial charge in [0.2, 0.25) is 23.6 Å². The third-order valence-corrected chi connectivity index (χ3v) is 7.19. The molecule has 266 valence electrons. The molecule has 1 heterocycles. The van der Waals surface area contributed by atoms with E-state index in [0.29, 0.717) is 38.0 Å². The number of carboxylic acid groups (broad SMARTS) is 1. The van der Waals surface area contributed by atoms with Gasteiger partial charge in [-0.3, -0.25) is 24.2 Å². The summed E-state index contributed by atoms with van der Waals surface area (Å²) < 4.78 is 0. The van der Waals surface area contributed by atoms with Gasteiger partial charge in [0.1, 0.15) is 24.2 Å². The van der Waals surface area contributed by atoms with Gasteiger partial charge >= 0.3 is 5.97 Å². The minimum absolute atomic E-state index is 0.0271. The summed E-state index contributed by atoms with van der Waals surface area (Å²) >= 11 is 0. The Kier molecular flexibility index (Phi) is 19.4. The van der Waals surface area contributed by atoms with Gasteiger partial charge in [0, 0.05) is 24.9 Å². The molecular formula is C30H55N11O6. The molecule has 0 aliphatic rings. The number of aromatic nitrogens is 2. The molecule has 17 nitrogen and oxygen atoms in total. The average molecular weight is 666 g/mol. The molecule has 0 saturated heterocycles. The van der Waals surface area contributed by atoms with E-state index < -0.39 is 53.9 Å². The Hall–Kier alpha value is -4.25. The molecule has 0 bridgehead atoms.